The summed E-state index contributed by atoms with van der Waals surface area (Å²) in [5.41, 5.74) is 1.16. The number of fused-ring (bicyclic) bond motifs is 1. The van der Waals surface area contributed by atoms with Crippen LogP contribution >= 0.6 is 22.9 Å². The second-order valence-corrected chi connectivity index (χ2v) is 9.51. The number of benzene rings is 1. The molecule has 2 aromatic rings. The second kappa shape index (κ2) is 7.07. The van der Waals surface area contributed by atoms with Gasteiger partial charge >= 0.3 is 0 Å². The fourth-order valence-electron chi connectivity index (χ4n) is 3.00. The highest BCUT2D eigenvalue weighted by atomic mass is 35.5. The largest absolute Gasteiger partial charge is 0.334 e. The maximum absolute atomic E-state index is 12.7. The number of hydrogen-bond donors (Lipinski definition) is 0. The minimum Gasteiger partial charge on any atom is -0.334 e. The number of amides is 1. The number of thiophene rings is 1. The summed E-state index contributed by atoms with van der Waals surface area (Å²) in [6.45, 7) is 2.41. The predicted octanol–water partition coefficient (Wildman–Crippen LogP) is 3.17. The van der Waals surface area contributed by atoms with E-state index in [1.807, 2.05) is 18.4 Å². The van der Waals surface area contributed by atoms with Crippen LogP contribution in [0.4, 0.5) is 0 Å². The van der Waals surface area contributed by atoms with Gasteiger partial charge in [0, 0.05) is 23.5 Å². The molecule has 5 nitrogen and oxygen atoms in total. The van der Waals surface area contributed by atoms with Crippen LogP contribution in [0.1, 0.15) is 23.4 Å². The van der Waals surface area contributed by atoms with Gasteiger partial charge in [0.15, 0.2) is 0 Å². The quantitative estimate of drug-likeness (QED) is 0.794. The Balaban J connectivity index is 1.73. The molecule has 0 radical (unpaired) electrons. The van der Waals surface area contributed by atoms with E-state index in [0.29, 0.717) is 11.6 Å². The van der Waals surface area contributed by atoms with E-state index in [-0.39, 0.29) is 23.4 Å². The first-order chi connectivity index (χ1) is 11.8. The van der Waals surface area contributed by atoms with E-state index in [0.717, 1.165) is 16.3 Å². The van der Waals surface area contributed by atoms with Crippen molar-refractivity contribution in [3.8, 4) is 0 Å². The van der Waals surface area contributed by atoms with E-state index in [4.69, 9.17) is 11.6 Å². The molecule has 1 amide bonds. The van der Waals surface area contributed by atoms with Gasteiger partial charge in [-0.3, -0.25) is 4.79 Å². The smallest absolute Gasteiger partial charge is 0.243 e. The molecule has 1 aliphatic rings. The van der Waals surface area contributed by atoms with Crippen molar-refractivity contribution in [1.29, 1.82) is 0 Å². The molecule has 1 aromatic carbocycles. The molecule has 0 spiro atoms. The average molecular weight is 399 g/mol. The van der Waals surface area contributed by atoms with Crippen LogP contribution in [0.2, 0.25) is 5.02 Å². The van der Waals surface area contributed by atoms with Gasteiger partial charge in [0.1, 0.15) is 0 Å². The van der Waals surface area contributed by atoms with Crippen molar-refractivity contribution in [1.82, 2.24) is 9.21 Å². The van der Waals surface area contributed by atoms with E-state index in [2.05, 4.69) is 0 Å². The minimum absolute atomic E-state index is 0.0332. The molecular weight excluding hydrogens is 380 g/mol. The summed E-state index contributed by atoms with van der Waals surface area (Å²) < 4.78 is 26.3. The molecule has 1 atom stereocenters. The monoisotopic (exact) mass is 398 g/mol. The maximum atomic E-state index is 12.7. The molecule has 0 saturated heterocycles. The van der Waals surface area contributed by atoms with Gasteiger partial charge < -0.3 is 4.90 Å². The van der Waals surface area contributed by atoms with Crippen molar-refractivity contribution in [2.24, 2.45) is 0 Å². The second-order valence-electron chi connectivity index (χ2n) is 6.03. The van der Waals surface area contributed by atoms with Crippen molar-refractivity contribution in [3.63, 3.8) is 0 Å². The first kappa shape index (κ1) is 18.4. The number of halogens is 1. The Kier molecular flexibility index (Phi) is 5.20. The Labute approximate surface area is 156 Å². The SMILES string of the molecule is CC1c2ccsc2CCN1C(=O)CN(C)S(=O)(=O)c1ccc(Cl)cc1. The molecule has 25 heavy (non-hydrogen) atoms. The van der Waals surface area contributed by atoms with Gasteiger partial charge in [-0.1, -0.05) is 11.6 Å². The molecule has 1 aliphatic heterocycles. The molecule has 0 aliphatic carbocycles. The van der Waals surface area contributed by atoms with Gasteiger partial charge in [-0.25, -0.2) is 8.42 Å². The van der Waals surface area contributed by atoms with Gasteiger partial charge in [-0.2, -0.15) is 4.31 Å². The van der Waals surface area contributed by atoms with Crippen LogP contribution in [0.25, 0.3) is 0 Å². The summed E-state index contributed by atoms with van der Waals surface area (Å²) in [5, 5.41) is 2.50. The topological polar surface area (TPSA) is 57.7 Å². The maximum Gasteiger partial charge on any atom is 0.243 e. The Morgan fingerprint density at radius 1 is 1.32 bits per heavy atom. The highest BCUT2D eigenvalue weighted by Crippen LogP contribution is 2.33. The molecular formula is C17H19ClN2O3S2. The zero-order chi connectivity index (χ0) is 18.2. The fraction of sp³-hybridized carbons (Fsp3) is 0.353. The third kappa shape index (κ3) is 3.60. The zero-order valence-electron chi connectivity index (χ0n) is 14.0. The lowest BCUT2D eigenvalue weighted by atomic mass is 10.0. The molecule has 0 bridgehead atoms. The summed E-state index contributed by atoms with van der Waals surface area (Å²) in [4.78, 5) is 15.9. The third-order valence-electron chi connectivity index (χ3n) is 4.48. The molecule has 134 valence electrons. The van der Waals surface area contributed by atoms with E-state index in [9.17, 15) is 13.2 Å². The number of sulfonamides is 1. The summed E-state index contributed by atoms with van der Waals surface area (Å²) in [7, 11) is -2.30. The number of carbonyl (C=O) groups excluding carboxylic acids is 1. The average Bonchev–Trinajstić information content (AvgIpc) is 3.05. The summed E-state index contributed by atoms with van der Waals surface area (Å²) in [6.07, 6.45) is 0.816. The lowest BCUT2D eigenvalue weighted by Crippen LogP contribution is -2.44. The highest BCUT2D eigenvalue weighted by molar-refractivity contribution is 7.89. The van der Waals surface area contributed by atoms with Crippen LogP contribution < -0.4 is 0 Å². The number of nitrogens with zero attached hydrogens (tertiary/aromatic N) is 2. The number of rotatable bonds is 4. The summed E-state index contributed by atoms with van der Waals surface area (Å²) >= 11 is 7.51. The lowest BCUT2D eigenvalue weighted by molar-refractivity contribution is -0.133. The van der Waals surface area contributed by atoms with Crippen LogP contribution in [0, 0.1) is 0 Å². The van der Waals surface area contributed by atoms with E-state index in [1.165, 1.54) is 36.2 Å². The Morgan fingerprint density at radius 2 is 2.00 bits per heavy atom. The van der Waals surface area contributed by atoms with Crippen LogP contribution in [0.15, 0.2) is 40.6 Å². The molecule has 2 heterocycles. The predicted molar refractivity (Wildman–Crippen MR) is 99.4 cm³/mol. The van der Waals surface area contributed by atoms with Crippen LogP contribution in [0.5, 0.6) is 0 Å². The van der Waals surface area contributed by atoms with Crippen LogP contribution in [-0.4, -0.2) is 43.7 Å². The van der Waals surface area contributed by atoms with Gasteiger partial charge in [-0.15, -0.1) is 11.3 Å². The van der Waals surface area contributed by atoms with Crippen molar-refractivity contribution >= 4 is 38.9 Å². The lowest BCUT2D eigenvalue weighted by Gasteiger charge is -2.34. The third-order valence-corrected chi connectivity index (χ3v) is 7.54. The van der Waals surface area contributed by atoms with Crippen molar-refractivity contribution in [2.45, 2.75) is 24.3 Å². The van der Waals surface area contributed by atoms with E-state index < -0.39 is 10.0 Å². The first-order valence-electron chi connectivity index (χ1n) is 7.88. The van der Waals surface area contributed by atoms with Crippen LogP contribution in [0.3, 0.4) is 0 Å². The van der Waals surface area contributed by atoms with Gasteiger partial charge in [0.2, 0.25) is 15.9 Å². The normalized spacial score (nSPS) is 17.6. The molecule has 1 unspecified atom stereocenters. The van der Waals surface area contributed by atoms with Crippen molar-refractivity contribution in [2.75, 3.05) is 20.1 Å². The number of likely N-dealkylation sites (N-methyl/N-ethyl adjacent to an activating group) is 1. The summed E-state index contributed by atoms with van der Waals surface area (Å²) in [6, 6.07) is 7.94. The van der Waals surface area contributed by atoms with Crippen LogP contribution in [-0.2, 0) is 21.2 Å². The first-order valence-corrected chi connectivity index (χ1v) is 10.6. The van der Waals surface area contributed by atoms with E-state index >= 15 is 0 Å². The molecule has 3 rings (SSSR count). The molecule has 1 aromatic heterocycles. The van der Waals surface area contributed by atoms with E-state index in [1.54, 1.807) is 16.2 Å². The fourth-order valence-corrected chi connectivity index (χ4v) is 5.21. The Bertz CT molecular complexity index is 878. The minimum atomic E-state index is -3.73. The highest BCUT2D eigenvalue weighted by Gasteiger charge is 2.31. The van der Waals surface area contributed by atoms with Gasteiger partial charge in [0.25, 0.3) is 0 Å². The van der Waals surface area contributed by atoms with Gasteiger partial charge in [-0.05, 0) is 54.6 Å². The van der Waals surface area contributed by atoms with Gasteiger partial charge in [0.05, 0.1) is 17.5 Å². The number of carbonyl (C=O) groups is 1. The molecule has 0 fully saturated rings. The zero-order valence-corrected chi connectivity index (χ0v) is 16.4. The van der Waals surface area contributed by atoms with Crippen molar-refractivity contribution in [3.05, 3.63) is 51.2 Å². The summed E-state index contributed by atoms with van der Waals surface area (Å²) in [5.74, 6) is -0.190. The number of hydrogen-bond acceptors (Lipinski definition) is 4. The molecule has 0 saturated carbocycles. The Hall–Kier alpha value is -1.41. The standard InChI is InChI=1S/C17H19ClN2O3S2/c1-12-15-8-10-24-16(15)7-9-20(12)17(21)11-19(2)25(22,23)14-5-3-13(18)4-6-14/h3-6,8,10,12H,7,9,11H2,1-2H3. The Morgan fingerprint density at radius 3 is 2.68 bits per heavy atom. The molecule has 0 N–H and O–H groups in total. The molecule has 8 heteroatoms. The van der Waals surface area contributed by atoms with Crippen molar-refractivity contribution < 1.29 is 13.2 Å².